The van der Waals surface area contributed by atoms with Crippen LogP contribution < -0.4 is 5.73 Å². The zero-order valence-electron chi connectivity index (χ0n) is 12.3. The molecule has 0 radical (unpaired) electrons. The Balaban J connectivity index is 1.76. The highest BCUT2D eigenvalue weighted by molar-refractivity contribution is 5.78. The molecule has 0 saturated carbocycles. The van der Waals surface area contributed by atoms with E-state index in [4.69, 9.17) is 10.7 Å². The highest BCUT2D eigenvalue weighted by Crippen LogP contribution is 2.28. The summed E-state index contributed by atoms with van der Waals surface area (Å²) in [6.07, 6.45) is 1.07. The van der Waals surface area contributed by atoms with Crippen LogP contribution in [0.15, 0.2) is 36.4 Å². The zero-order valence-corrected chi connectivity index (χ0v) is 12.3. The summed E-state index contributed by atoms with van der Waals surface area (Å²) >= 11 is 0. The van der Waals surface area contributed by atoms with Gasteiger partial charge in [-0.2, -0.15) is 0 Å². The molecule has 1 aliphatic heterocycles. The van der Waals surface area contributed by atoms with Crippen molar-refractivity contribution in [1.29, 1.82) is 0 Å². The fourth-order valence-electron chi connectivity index (χ4n) is 3.05. The van der Waals surface area contributed by atoms with Crippen LogP contribution in [0.3, 0.4) is 0 Å². The van der Waals surface area contributed by atoms with E-state index in [9.17, 15) is 0 Å². The fraction of sp³-hybridized carbons (Fsp3) is 0.471. The van der Waals surface area contributed by atoms with Gasteiger partial charge in [0.1, 0.15) is 0 Å². The third-order valence-corrected chi connectivity index (χ3v) is 4.43. The van der Waals surface area contributed by atoms with Gasteiger partial charge < -0.3 is 5.73 Å². The number of hydrogen-bond donors (Lipinski definition) is 1. The largest absolute Gasteiger partial charge is 0.327 e. The van der Waals surface area contributed by atoms with Crippen LogP contribution >= 0.6 is 0 Å². The summed E-state index contributed by atoms with van der Waals surface area (Å²) in [6, 6.07) is 12.9. The zero-order chi connectivity index (χ0) is 14.2. The minimum Gasteiger partial charge on any atom is -0.327 e. The van der Waals surface area contributed by atoms with E-state index in [1.807, 2.05) is 6.07 Å². The van der Waals surface area contributed by atoms with E-state index >= 15 is 0 Å². The fourth-order valence-corrected chi connectivity index (χ4v) is 3.05. The van der Waals surface area contributed by atoms with Gasteiger partial charge in [0.2, 0.25) is 0 Å². The Labute approximate surface area is 120 Å². The molecule has 2 heterocycles. The third-order valence-electron chi connectivity index (χ3n) is 4.43. The van der Waals surface area contributed by atoms with Crippen LogP contribution in [0.25, 0.3) is 10.9 Å². The smallest absolute Gasteiger partial charge is 0.0705 e. The summed E-state index contributed by atoms with van der Waals surface area (Å²) in [5.41, 5.74) is 8.62. The predicted molar refractivity (Wildman–Crippen MR) is 83.4 cm³/mol. The average Bonchev–Trinajstić information content (AvgIpc) is 2.42. The van der Waals surface area contributed by atoms with E-state index in [0.717, 1.165) is 37.3 Å². The Morgan fingerprint density at radius 1 is 1.25 bits per heavy atom. The standard InChI is InChI=1S/C17H23N3/c1-17(2)12-20(10-9-16(17)18)11-14-8-7-13-5-3-4-6-15(13)19-14/h3-8,16H,9-12,18H2,1-2H3. The molecule has 1 aromatic carbocycles. The maximum atomic E-state index is 6.20. The molecule has 1 saturated heterocycles. The molecule has 2 N–H and O–H groups in total. The van der Waals surface area contributed by atoms with Crippen molar-refractivity contribution >= 4 is 10.9 Å². The van der Waals surface area contributed by atoms with Crippen LogP contribution in [0.4, 0.5) is 0 Å². The number of aromatic nitrogens is 1. The van der Waals surface area contributed by atoms with E-state index in [1.54, 1.807) is 0 Å². The van der Waals surface area contributed by atoms with Crippen molar-refractivity contribution in [2.45, 2.75) is 32.9 Å². The monoisotopic (exact) mass is 269 g/mol. The van der Waals surface area contributed by atoms with Gasteiger partial charge in [-0.1, -0.05) is 38.1 Å². The van der Waals surface area contributed by atoms with Crippen LogP contribution in [-0.2, 0) is 6.54 Å². The molecular formula is C17H23N3. The van der Waals surface area contributed by atoms with Crippen LogP contribution in [0.2, 0.25) is 0 Å². The molecule has 0 amide bonds. The summed E-state index contributed by atoms with van der Waals surface area (Å²) in [6.45, 7) is 7.55. The summed E-state index contributed by atoms with van der Waals surface area (Å²) in [5.74, 6) is 0. The Morgan fingerprint density at radius 3 is 2.85 bits per heavy atom. The number of nitrogens with two attached hydrogens (primary N) is 1. The molecule has 20 heavy (non-hydrogen) atoms. The SMILES string of the molecule is CC1(C)CN(Cc2ccc3ccccc3n2)CCC1N. The van der Waals surface area contributed by atoms with Gasteiger partial charge >= 0.3 is 0 Å². The summed E-state index contributed by atoms with van der Waals surface area (Å²) in [5, 5.41) is 1.21. The minimum absolute atomic E-state index is 0.190. The molecule has 0 aliphatic carbocycles. The first-order valence-electron chi connectivity index (χ1n) is 7.37. The summed E-state index contributed by atoms with van der Waals surface area (Å²) < 4.78 is 0. The Kier molecular flexibility index (Phi) is 3.48. The first kappa shape index (κ1) is 13.5. The number of rotatable bonds is 2. The van der Waals surface area contributed by atoms with Crippen molar-refractivity contribution in [3.05, 3.63) is 42.1 Å². The van der Waals surface area contributed by atoms with Crippen molar-refractivity contribution in [2.75, 3.05) is 13.1 Å². The first-order valence-corrected chi connectivity index (χ1v) is 7.37. The van der Waals surface area contributed by atoms with E-state index < -0.39 is 0 Å². The molecule has 106 valence electrons. The second kappa shape index (κ2) is 5.15. The number of para-hydroxylation sites is 1. The number of likely N-dealkylation sites (tertiary alicyclic amines) is 1. The summed E-state index contributed by atoms with van der Waals surface area (Å²) in [4.78, 5) is 7.24. The molecule has 1 fully saturated rings. The Morgan fingerprint density at radius 2 is 2.05 bits per heavy atom. The van der Waals surface area contributed by atoms with Crippen LogP contribution in [-0.4, -0.2) is 29.0 Å². The normalized spacial score (nSPS) is 23.1. The third kappa shape index (κ3) is 2.69. The Hall–Kier alpha value is -1.45. The van der Waals surface area contributed by atoms with Crippen molar-refractivity contribution in [3.8, 4) is 0 Å². The van der Waals surface area contributed by atoms with Crippen molar-refractivity contribution in [1.82, 2.24) is 9.88 Å². The minimum atomic E-state index is 0.190. The average molecular weight is 269 g/mol. The van der Waals surface area contributed by atoms with E-state index in [1.165, 1.54) is 5.39 Å². The van der Waals surface area contributed by atoms with Crippen molar-refractivity contribution < 1.29 is 0 Å². The van der Waals surface area contributed by atoms with Gasteiger partial charge in [-0.15, -0.1) is 0 Å². The molecule has 1 aliphatic rings. The molecule has 1 unspecified atom stereocenters. The van der Waals surface area contributed by atoms with E-state index in [0.29, 0.717) is 6.04 Å². The lowest BCUT2D eigenvalue weighted by Gasteiger charge is -2.42. The number of nitrogens with zero attached hydrogens (tertiary/aromatic N) is 2. The number of hydrogen-bond acceptors (Lipinski definition) is 3. The lowest BCUT2D eigenvalue weighted by Crippen LogP contribution is -2.52. The first-order chi connectivity index (χ1) is 9.54. The molecule has 0 bridgehead atoms. The number of benzene rings is 1. The number of fused-ring (bicyclic) bond motifs is 1. The van der Waals surface area contributed by atoms with Crippen LogP contribution in [0.5, 0.6) is 0 Å². The van der Waals surface area contributed by atoms with Gasteiger partial charge in [-0.25, -0.2) is 0 Å². The molecule has 2 aromatic rings. The lowest BCUT2D eigenvalue weighted by molar-refractivity contribution is 0.0890. The van der Waals surface area contributed by atoms with Gasteiger partial charge in [0, 0.05) is 31.1 Å². The molecule has 3 nitrogen and oxygen atoms in total. The predicted octanol–water partition coefficient (Wildman–Crippen LogP) is 2.79. The Bertz CT molecular complexity index is 606. The van der Waals surface area contributed by atoms with Crippen molar-refractivity contribution in [2.24, 2.45) is 11.1 Å². The van der Waals surface area contributed by atoms with Gasteiger partial charge in [0.15, 0.2) is 0 Å². The van der Waals surface area contributed by atoms with Gasteiger partial charge in [-0.05, 0) is 24.0 Å². The van der Waals surface area contributed by atoms with Gasteiger partial charge in [-0.3, -0.25) is 9.88 Å². The van der Waals surface area contributed by atoms with Crippen molar-refractivity contribution in [3.63, 3.8) is 0 Å². The second-order valence-corrected chi connectivity index (χ2v) is 6.59. The van der Waals surface area contributed by atoms with E-state index in [-0.39, 0.29) is 5.41 Å². The van der Waals surface area contributed by atoms with Gasteiger partial charge in [0.05, 0.1) is 11.2 Å². The molecule has 3 heteroatoms. The molecule has 3 rings (SSSR count). The molecule has 1 aromatic heterocycles. The number of piperidine rings is 1. The molecular weight excluding hydrogens is 246 g/mol. The van der Waals surface area contributed by atoms with Gasteiger partial charge in [0.25, 0.3) is 0 Å². The number of pyridine rings is 1. The second-order valence-electron chi connectivity index (χ2n) is 6.59. The highest BCUT2D eigenvalue weighted by atomic mass is 15.2. The lowest BCUT2D eigenvalue weighted by atomic mass is 9.79. The maximum absolute atomic E-state index is 6.20. The molecule has 1 atom stereocenters. The topological polar surface area (TPSA) is 42.2 Å². The quantitative estimate of drug-likeness (QED) is 0.911. The molecule has 0 spiro atoms. The van der Waals surface area contributed by atoms with Crippen LogP contribution in [0, 0.1) is 5.41 Å². The summed E-state index contributed by atoms with van der Waals surface area (Å²) in [7, 11) is 0. The highest BCUT2D eigenvalue weighted by Gasteiger charge is 2.33. The van der Waals surface area contributed by atoms with Crippen LogP contribution in [0.1, 0.15) is 26.0 Å². The maximum Gasteiger partial charge on any atom is 0.0705 e. The van der Waals surface area contributed by atoms with E-state index in [2.05, 4.69) is 49.1 Å².